The molecule has 0 aliphatic carbocycles. The van der Waals surface area contributed by atoms with Crippen LogP contribution >= 0.6 is 23.2 Å². The lowest BCUT2D eigenvalue weighted by molar-refractivity contribution is 0.0688. The Bertz CT molecular complexity index is 665. The fourth-order valence-electron chi connectivity index (χ4n) is 1.85. The first-order chi connectivity index (χ1) is 9.93. The number of hydrogen-bond acceptors (Lipinski definition) is 3. The van der Waals surface area contributed by atoms with E-state index in [4.69, 9.17) is 33.4 Å². The minimum Gasteiger partial charge on any atom is -0.476 e. The van der Waals surface area contributed by atoms with Gasteiger partial charge in [-0.2, -0.15) is 5.10 Å². The number of carboxylic acids is 1. The molecule has 1 heterocycles. The number of aromatic carboxylic acids is 1. The van der Waals surface area contributed by atoms with Crippen molar-refractivity contribution in [2.45, 2.75) is 12.8 Å². The molecule has 5 nitrogen and oxygen atoms in total. The molecule has 0 spiro atoms. The highest BCUT2D eigenvalue weighted by molar-refractivity contribution is 6.35. The van der Waals surface area contributed by atoms with E-state index in [-0.39, 0.29) is 22.3 Å². The number of rotatable bonds is 5. The van der Waals surface area contributed by atoms with Gasteiger partial charge in [0.25, 0.3) is 0 Å². The van der Waals surface area contributed by atoms with Gasteiger partial charge in [0.05, 0.1) is 15.7 Å². The molecule has 0 aliphatic heterocycles. The molecule has 0 saturated carbocycles. The standard InChI is InChI=1S/C13H11Cl2FN2O3/c14-9-4-8(5-10(15)11(9)16)18-6-7(2-1-3-19)12(17-18)13(20)21/h4-6,19H,1-3H2,(H,20,21). The van der Waals surface area contributed by atoms with E-state index in [1.54, 1.807) is 0 Å². The van der Waals surface area contributed by atoms with Gasteiger partial charge >= 0.3 is 5.97 Å². The van der Waals surface area contributed by atoms with Gasteiger partial charge in [0.2, 0.25) is 0 Å². The smallest absolute Gasteiger partial charge is 0.356 e. The summed E-state index contributed by atoms with van der Waals surface area (Å²) in [5, 5.41) is 21.5. The monoisotopic (exact) mass is 332 g/mol. The number of aliphatic hydroxyl groups excluding tert-OH is 1. The molecule has 0 atom stereocenters. The molecule has 0 bridgehead atoms. The summed E-state index contributed by atoms with van der Waals surface area (Å²) in [6.07, 6.45) is 2.27. The third kappa shape index (κ3) is 3.34. The Morgan fingerprint density at radius 1 is 1.33 bits per heavy atom. The van der Waals surface area contributed by atoms with Crippen molar-refractivity contribution in [1.29, 1.82) is 0 Å². The summed E-state index contributed by atoms with van der Waals surface area (Å²) in [5.74, 6) is -1.92. The third-order valence-electron chi connectivity index (χ3n) is 2.83. The number of aliphatic hydroxyl groups is 1. The normalized spacial score (nSPS) is 10.9. The Hall–Kier alpha value is -1.63. The van der Waals surface area contributed by atoms with Gasteiger partial charge in [-0.25, -0.2) is 13.9 Å². The van der Waals surface area contributed by atoms with Crippen LogP contribution in [0.15, 0.2) is 18.3 Å². The molecule has 1 aromatic carbocycles. The van der Waals surface area contributed by atoms with Crippen LogP contribution in [0.25, 0.3) is 5.69 Å². The van der Waals surface area contributed by atoms with Crippen LogP contribution in [-0.4, -0.2) is 32.6 Å². The van der Waals surface area contributed by atoms with E-state index >= 15 is 0 Å². The Kier molecular flexibility index (Phi) is 4.82. The van der Waals surface area contributed by atoms with Crippen LogP contribution in [0.5, 0.6) is 0 Å². The second-order valence-corrected chi connectivity index (χ2v) is 5.12. The number of hydrogen-bond donors (Lipinski definition) is 2. The summed E-state index contributed by atoms with van der Waals surface area (Å²) in [7, 11) is 0. The van der Waals surface area contributed by atoms with Crippen LogP contribution in [0, 0.1) is 5.82 Å². The average Bonchev–Trinajstić information content (AvgIpc) is 2.86. The lowest BCUT2D eigenvalue weighted by atomic mass is 10.1. The molecule has 21 heavy (non-hydrogen) atoms. The minimum absolute atomic E-state index is 0.0571. The molecular formula is C13H11Cl2FN2O3. The lowest BCUT2D eigenvalue weighted by Crippen LogP contribution is -2.03. The molecule has 2 rings (SSSR count). The predicted molar refractivity (Wildman–Crippen MR) is 75.9 cm³/mol. The second-order valence-electron chi connectivity index (χ2n) is 4.30. The first-order valence-corrected chi connectivity index (χ1v) is 6.77. The maximum atomic E-state index is 13.4. The Labute approximate surface area is 129 Å². The number of nitrogens with zero attached hydrogens (tertiary/aromatic N) is 2. The minimum atomic E-state index is -1.18. The van der Waals surface area contributed by atoms with Crippen molar-refractivity contribution in [2.75, 3.05) is 6.61 Å². The summed E-state index contributed by atoms with van der Waals surface area (Å²) < 4.78 is 14.7. The SMILES string of the molecule is O=C(O)c1nn(-c2cc(Cl)c(F)c(Cl)c2)cc1CCCO. The quantitative estimate of drug-likeness (QED) is 0.825. The Morgan fingerprint density at radius 3 is 2.48 bits per heavy atom. The fourth-order valence-corrected chi connectivity index (χ4v) is 2.32. The van der Waals surface area contributed by atoms with Gasteiger partial charge in [-0.1, -0.05) is 23.2 Å². The molecule has 2 aromatic rings. The van der Waals surface area contributed by atoms with E-state index in [0.29, 0.717) is 24.1 Å². The maximum absolute atomic E-state index is 13.4. The van der Waals surface area contributed by atoms with E-state index in [9.17, 15) is 9.18 Å². The summed E-state index contributed by atoms with van der Waals surface area (Å²) >= 11 is 11.4. The number of carboxylic acid groups (broad SMARTS) is 1. The first-order valence-electron chi connectivity index (χ1n) is 6.01. The van der Waals surface area contributed by atoms with E-state index in [2.05, 4.69) is 5.10 Å². The van der Waals surface area contributed by atoms with Crippen molar-refractivity contribution in [2.24, 2.45) is 0 Å². The Balaban J connectivity index is 2.47. The zero-order valence-electron chi connectivity index (χ0n) is 10.7. The van der Waals surface area contributed by atoms with Crippen molar-refractivity contribution < 1.29 is 19.4 Å². The van der Waals surface area contributed by atoms with E-state index in [1.807, 2.05) is 0 Å². The molecule has 112 valence electrons. The maximum Gasteiger partial charge on any atom is 0.356 e. The number of carbonyl (C=O) groups is 1. The summed E-state index contributed by atoms with van der Waals surface area (Å²) in [6, 6.07) is 2.61. The van der Waals surface area contributed by atoms with E-state index < -0.39 is 11.8 Å². The zero-order chi connectivity index (χ0) is 15.6. The van der Waals surface area contributed by atoms with Crippen LogP contribution < -0.4 is 0 Å². The van der Waals surface area contributed by atoms with Crippen molar-refractivity contribution in [3.63, 3.8) is 0 Å². The molecule has 0 aliphatic rings. The van der Waals surface area contributed by atoms with Crippen molar-refractivity contribution in [3.05, 3.63) is 45.4 Å². The van der Waals surface area contributed by atoms with Gasteiger partial charge in [-0.15, -0.1) is 0 Å². The molecule has 0 radical (unpaired) electrons. The van der Waals surface area contributed by atoms with Gasteiger partial charge in [0, 0.05) is 18.4 Å². The summed E-state index contributed by atoms with van der Waals surface area (Å²) in [5.41, 5.74) is 0.692. The summed E-state index contributed by atoms with van der Waals surface area (Å²) in [6.45, 7) is -0.0571. The van der Waals surface area contributed by atoms with Crippen molar-refractivity contribution in [3.8, 4) is 5.69 Å². The summed E-state index contributed by atoms with van der Waals surface area (Å²) in [4.78, 5) is 11.2. The van der Waals surface area contributed by atoms with Gasteiger partial charge in [0.15, 0.2) is 11.5 Å². The van der Waals surface area contributed by atoms with E-state index in [1.165, 1.54) is 23.0 Å². The van der Waals surface area contributed by atoms with Crippen LogP contribution in [0.1, 0.15) is 22.5 Å². The molecule has 0 fully saturated rings. The third-order valence-corrected chi connectivity index (χ3v) is 3.38. The van der Waals surface area contributed by atoms with Crippen molar-refractivity contribution >= 4 is 29.2 Å². The van der Waals surface area contributed by atoms with Crippen molar-refractivity contribution in [1.82, 2.24) is 9.78 Å². The predicted octanol–water partition coefficient (Wildman–Crippen LogP) is 2.94. The molecule has 8 heteroatoms. The molecule has 0 amide bonds. The lowest BCUT2D eigenvalue weighted by Gasteiger charge is -2.04. The van der Waals surface area contributed by atoms with Crippen LogP contribution in [0.2, 0.25) is 10.0 Å². The highest BCUT2D eigenvalue weighted by Crippen LogP contribution is 2.27. The molecule has 2 N–H and O–H groups in total. The number of benzene rings is 1. The number of aryl methyl sites for hydroxylation is 1. The average molecular weight is 333 g/mol. The van der Waals surface area contributed by atoms with Gasteiger partial charge in [-0.05, 0) is 25.0 Å². The zero-order valence-corrected chi connectivity index (χ0v) is 12.2. The first kappa shape index (κ1) is 15.8. The van der Waals surface area contributed by atoms with Gasteiger partial charge in [-0.3, -0.25) is 0 Å². The topological polar surface area (TPSA) is 75.3 Å². The van der Waals surface area contributed by atoms with Crippen LogP contribution in [0.4, 0.5) is 4.39 Å². The number of halogens is 3. The Morgan fingerprint density at radius 2 is 1.95 bits per heavy atom. The van der Waals surface area contributed by atoms with Gasteiger partial charge in [0.1, 0.15) is 0 Å². The fraction of sp³-hybridized carbons (Fsp3) is 0.231. The molecule has 1 aromatic heterocycles. The van der Waals surface area contributed by atoms with Crippen LogP contribution in [-0.2, 0) is 6.42 Å². The molecule has 0 saturated heterocycles. The highest BCUT2D eigenvalue weighted by Gasteiger charge is 2.17. The molecule has 0 unspecified atom stereocenters. The largest absolute Gasteiger partial charge is 0.476 e. The van der Waals surface area contributed by atoms with E-state index in [0.717, 1.165) is 0 Å². The van der Waals surface area contributed by atoms with Crippen LogP contribution in [0.3, 0.4) is 0 Å². The second kappa shape index (κ2) is 6.43. The molecular weight excluding hydrogens is 322 g/mol. The highest BCUT2D eigenvalue weighted by atomic mass is 35.5. The number of aromatic nitrogens is 2. The van der Waals surface area contributed by atoms with Gasteiger partial charge < -0.3 is 10.2 Å².